The normalized spacial score (nSPS) is 48.7. The summed E-state index contributed by atoms with van der Waals surface area (Å²) in [7, 11) is 0. The second-order valence-electron chi connectivity index (χ2n) is 20.9. The summed E-state index contributed by atoms with van der Waals surface area (Å²) < 4.78 is 76.4. The highest BCUT2D eigenvalue weighted by Crippen LogP contribution is 2.38. The van der Waals surface area contributed by atoms with E-state index in [1.807, 2.05) is 0 Å². The maximum atomic E-state index is 12.0. The number of hydrogen-bond donors (Lipinski definition) is 17. The zero-order valence-electron chi connectivity index (χ0n) is 43.3. The van der Waals surface area contributed by atoms with Crippen molar-refractivity contribution < 1.29 is 148 Å². The summed E-state index contributed by atoms with van der Waals surface area (Å²) in [5, 5.41) is 189. The molecule has 0 aliphatic carbocycles. The highest BCUT2D eigenvalue weighted by atomic mass is 16.8. The van der Waals surface area contributed by atoms with Crippen LogP contribution in [-0.4, -0.2) is 317 Å². The van der Waals surface area contributed by atoms with E-state index in [4.69, 9.17) is 61.6 Å². The van der Waals surface area contributed by atoms with E-state index in [1.165, 1.54) is 12.8 Å². The summed E-state index contributed by atoms with van der Waals surface area (Å²) in [4.78, 5) is 0. The van der Waals surface area contributed by atoms with Crippen LogP contribution in [0.25, 0.3) is 0 Å². The fraction of sp³-hybridized carbons (Fsp3) is 1.00. The van der Waals surface area contributed by atoms with Gasteiger partial charge in [0, 0.05) is 6.61 Å². The first-order chi connectivity index (χ1) is 37.5. The molecule has 22 aliphatic rings. The van der Waals surface area contributed by atoms with Crippen molar-refractivity contribution in [2.24, 2.45) is 0 Å². The van der Waals surface area contributed by atoms with Crippen molar-refractivity contribution in [2.75, 3.05) is 46.2 Å². The Kier molecular flexibility index (Phi) is 24.8. The Morgan fingerprint density at radius 2 is 0.474 bits per heavy atom. The molecule has 78 heavy (non-hydrogen) atoms. The quantitative estimate of drug-likeness (QED) is 0.0567. The SMILES string of the molecule is CCCCCCCCCCCCO[C@@H]1[C@@H](O)[C@H]2O[C@H]3[C@H](O)[C@@H](O)[C@@H](O[C@H]4[C@H](O)[C@@H](O)[C@@H](O[C@H]5[C@H](O)[C@@H](O)[C@@H](O[C@H]6[C@H](O)[C@@H](O)[C@@H](O[C@H]7[C@H](O)[C@@H](O)[C@@H](O[C@H]1[C@@H](CO)O2)O[C@@H]7CO)O[C@@H]6CO)O[C@@H]5CO)O[C@@H]4CO)O[C@@H]3CO. The Morgan fingerprint density at radius 1 is 0.256 bits per heavy atom. The molecular weight excluding hydrogens is 1060 g/mol. The van der Waals surface area contributed by atoms with Crippen LogP contribution in [0, 0.1) is 0 Å². The molecule has 22 fully saturated rings. The van der Waals surface area contributed by atoms with E-state index in [0.717, 1.165) is 44.9 Å². The van der Waals surface area contributed by atoms with Gasteiger partial charge in [0.1, 0.15) is 146 Å². The first-order valence-corrected chi connectivity index (χ1v) is 27.1. The Bertz CT molecular complexity index is 1720. The molecule has 30 nitrogen and oxygen atoms in total. The van der Waals surface area contributed by atoms with E-state index in [-0.39, 0.29) is 6.61 Å². The molecule has 0 radical (unpaired) electrons. The van der Waals surface area contributed by atoms with E-state index >= 15 is 0 Å². The van der Waals surface area contributed by atoms with Crippen LogP contribution in [0.5, 0.6) is 0 Å². The minimum Gasteiger partial charge on any atom is -0.394 e. The summed E-state index contributed by atoms with van der Waals surface area (Å²) in [6, 6.07) is 0. The zero-order chi connectivity index (χ0) is 56.5. The smallest absolute Gasteiger partial charge is 0.187 e. The monoisotopic (exact) mass is 1140 g/mol. The standard InChI is InChI=1S/C48H84O30/c1-2-3-4-5-6-7-8-9-10-11-12-66-42-35(65)48-72-24(18-54)41(42)78-47-34(64)29(59)39(22(16-52)71-47)76-45-32(62)27(57)37(20(14-50)69-45)74-43-30(60)25(55)36(19(13-49)67-43)73-44-31(61)26(56)38(21(15-51)68-44)75-46-33(63)28(58)40(77-48)23(17-53)70-46/h19-65H,2-18H2,1H3/t19-,20-,21-,22-,23-,24-,25-,26-,27-,28-,29-,30-,31-,32-,33-,34-,35-,36-,37-,38-,39-,40-,41+,42-,43-,44-,45-,46-,47-,48-/m1/s1. The van der Waals surface area contributed by atoms with Crippen molar-refractivity contribution in [3.8, 4) is 0 Å². The molecule has 0 aromatic rings. The third-order valence-corrected chi connectivity index (χ3v) is 15.5. The minimum atomic E-state index is -2.14. The maximum absolute atomic E-state index is 12.0. The van der Waals surface area contributed by atoms with Gasteiger partial charge in [0.15, 0.2) is 37.7 Å². The van der Waals surface area contributed by atoms with Crippen molar-refractivity contribution in [1.29, 1.82) is 0 Å². The Morgan fingerprint density at radius 3 is 0.731 bits per heavy atom. The summed E-state index contributed by atoms with van der Waals surface area (Å²) in [6.45, 7) is -3.64. The molecular formula is C48H84O30. The minimum absolute atomic E-state index is 0.00952. The van der Waals surface area contributed by atoms with Crippen molar-refractivity contribution in [1.82, 2.24) is 0 Å². The number of aliphatic hydroxyl groups is 17. The molecule has 12 bridgehead atoms. The van der Waals surface area contributed by atoms with Gasteiger partial charge in [0.2, 0.25) is 0 Å². The first-order valence-electron chi connectivity index (χ1n) is 27.1. The number of hydrogen-bond acceptors (Lipinski definition) is 30. The predicted molar refractivity (Wildman–Crippen MR) is 251 cm³/mol. The fourth-order valence-electron chi connectivity index (χ4n) is 10.9. The van der Waals surface area contributed by atoms with Crippen LogP contribution < -0.4 is 0 Å². The first kappa shape index (κ1) is 64.4. The van der Waals surface area contributed by atoms with E-state index in [2.05, 4.69) is 6.92 Å². The lowest BCUT2D eigenvalue weighted by atomic mass is 9.94. The average Bonchev–Trinajstić information content (AvgIpc) is 3.50. The zero-order valence-corrected chi connectivity index (χ0v) is 43.3. The molecule has 17 N–H and O–H groups in total. The second kappa shape index (κ2) is 30.0. The molecule has 0 amide bonds. The van der Waals surface area contributed by atoms with E-state index in [9.17, 15) is 86.8 Å². The highest BCUT2D eigenvalue weighted by molar-refractivity contribution is 5.01. The van der Waals surface area contributed by atoms with Gasteiger partial charge in [0.25, 0.3) is 0 Å². The molecule has 0 spiro atoms. The molecule has 0 unspecified atom stereocenters. The lowest BCUT2D eigenvalue weighted by molar-refractivity contribution is -0.404. The average molecular weight is 1140 g/mol. The van der Waals surface area contributed by atoms with E-state index < -0.39 is 224 Å². The van der Waals surface area contributed by atoms with Gasteiger partial charge in [0.05, 0.1) is 39.6 Å². The van der Waals surface area contributed by atoms with Crippen molar-refractivity contribution in [2.45, 2.75) is 255 Å². The number of ether oxygens (including phenoxy) is 13. The van der Waals surface area contributed by atoms with Crippen molar-refractivity contribution >= 4 is 0 Å². The van der Waals surface area contributed by atoms with Gasteiger partial charge in [-0.15, -0.1) is 0 Å². The van der Waals surface area contributed by atoms with E-state index in [1.54, 1.807) is 0 Å². The molecule has 22 heterocycles. The van der Waals surface area contributed by atoms with Gasteiger partial charge < -0.3 is 148 Å². The molecule has 456 valence electrons. The van der Waals surface area contributed by atoms with Crippen molar-refractivity contribution in [3.63, 3.8) is 0 Å². The summed E-state index contributed by atoms with van der Waals surface area (Å²) in [6.07, 6.45) is -46.8. The molecule has 30 atom stereocenters. The lowest BCUT2D eigenvalue weighted by Gasteiger charge is -2.51. The fourth-order valence-corrected chi connectivity index (χ4v) is 10.9. The van der Waals surface area contributed by atoms with E-state index in [0.29, 0.717) is 6.42 Å². The Balaban J connectivity index is 1.17. The molecule has 22 rings (SSSR count). The molecule has 30 heteroatoms. The van der Waals surface area contributed by atoms with Gasteiger partial charge in [-0.3, -0.25) is 0 Å². The summed E-state index contributed by atoms with van der Waals surface area (Å²) in [5.74, 6) is 0. The Labute approximate surface area is 449 Å². The number of aliphatic hydroxyl groups excluding tert-OH is 17. The van der Waals surface area contributed by atoms with Crippen LogP contribution in [0.1, 0.15) is 71.1 Å². The number of unbranched alkanes of at least 4 members (excludes halogenated alkanes) is 9. The van der Waals surface area contributed by atoms with Gasteiger partial charge in [-0.25, -0.2) is 0 Å². The van der Waals surface area contributed by atoms with Gasteiger partial charge in [-0.2, -0.15) is 0 Å². The third-order valence-electron chi connectivity index (χ3n) is 15.5. The predicted octanol–water partition coefficient (Wildman–Crippen LogP) is -8.11. The van der Waals surface area contributed by atoms with Gasteiger partial charge in [-0.1, -0.05) is 64.7 Å². The van der Waals surface area contributed by atoms with Crippen LogP contribution in [-0.2, 0) is 61.6 Å². The largest absolute Gasteiger partial charge is 0.394 e. The Hall–Kier alpha value is -1.20. The third kappa shape index (κ3) is 14.5. The molecule has 0 aromatic heterocycles. The molecule has 22 aliphatic heterocycles. The van der Waals surface area contributed by atoms with Crippen LogP contribution in [0.3, 0.4) is 0 Å². The molecule has 0 saturated carbocycles. The van der Waals surface area contributed by atoms with Crippen molar-refractivity contribution in [3.05, 3.63) is 0 Å². The molecule has 22 saturated heterocycles. The van der Waals surface area contributed by atoms with Crippen LogP contribution >= 0.6 is 0 Å². The second-order valence-corrected chi connectivity index (χ2v) is 20.9. The van der Waals surface area contributed by atoms with Crippen LogP contribution in [0.4, 0.5) is 0 Å². The highest BCUT2D eigenvalue weighted by Gasteiger charge is 2.59. The molecule has 0 aromatic carbocycles. The topological polar surface area (TPSA) is 464 Å². The number of rotatable bonds is 18. The van der Waals surface area contributed by atoms with Gasteiger partial charge in [-0.05, 0) is 6.42 Å². The van der Waals surface area contributed by atoms with Gasteiger partial charge >= 0.3 is 0 Å². The lowest BCUT2D eigenvalue weighted by Crippen LogP contribution is -2.69. The van der Waals surface area contributed by atoms with Crippen LogP contribution in [0.2, 0.25) is 0 Å². The summed E-state index contributed by atoms with van der Waals surface area (Å²) in [5.41, 5.74) is 0. The summed E-state index contributed by atoms with van der Waals surface area (Å²) >= 11 is 0. The van der Waals surface area contributed by atoms with Crippen LogP contribution in [0.15, 0.2) is 0 Å². The maximum Gasteiger partial charge on any atom is 0.187 e.